The van der Waals surface area contributed by atoms with Gasteiger partial charge in [0.05, 0.1) is 24.1 Å². The van der Waals surface area contributed by atoms with Crippen molar-refractivity contribution in [3.8, 4) is 5.69 Å². The third-order valence-corrected chi connectivity index (χ3v) is 4.27. The van der Waals surface area contributed by atoms with E-state index in [1.54, 1.807) is 0 Å². The van der Waals surface area contributed by atoms with Gasteiger partial charge in [-0.2, -0.15) is 5.10 Å². The second-order valence-electron chi connectivity index (χ2n) is 6.61. The number of hydrogen-bond donors (Lipinski definition) is 1. The Morgan fingerprint density at radius 1 is 1.23 bits per heavy atom. The molecule has 0 aliphatic carbocycles. The van der Waals surface area contributed by atoms with Gasteiger partial charge in [0.25, 0.3) is 0 Å². The normalized spacial score (nSPS) is 19.8. The fourth-order valence-corrected chi connectivity index (χ4v) is 3.14. The Bertz CT molecular complexity index is 682. The summed E-state index contributed by atoms with van der Waals surface area (Å²) in [5.41, 5.74) is 2.14. The highest BCUT2D eigenvalue weighted by Crippen LogP contribution is 2.11. The van der Waals surface area contributed by atoms with Gasteiger partial charge in [0.1, 0.15) is 0 Å². The molecule has 2 heterocycles. The van der Waals surface area contributed by atoms with Gasteiger partial charge in [-0.05, 0) is 26.0 Å². The largest absolute Gasteiger partial charge is 0.372 e. The zero-order valence-electron chi connectivity index (χ0n) is 15.3. The summed E-state index contributed by atoms with van der Waals surface area (Å²) in [5.74, 6) is 0.189. The van der Waals surface area contributed by atoms with Crippen molar-refractivity contribution in [2.24, 2.45) is 0 Å². The van der Waals surface area contributed by atoms with Crippen molar-refractivity contribution in [3.63, 3.8) is 0 Å². The van der Waals surface area contributed by atoms with Crippen LogP contribution in [0.3, 0.4) is 0 Å². The maximum Gasteiger partial charge on any atom is 0.224 e. The first kappa shape index (κ1) is 20.4. The molecule has 1 fully saturated rings. The molecule has 0 saturated carbocycles. The van der Waals surface area contributed by atoms with Crippen molar-refractivity contribution >= 4 is 18.3 Å². The number of para-hydroxylation sites is 1. The van der Waals surface area contributed by atoms with Crippen molar-refractivity contribution in [1.82, 2.24) is 20.0 Å². The van der Waals surface area contributed by atoms with Crippen LogP contribution in [0.15, 0.2) is 42.7 Å². The molecule has 6 nitrogen and oxygen atoms in total. The third-order valence-electron chi connectivity index (χ3n) is 4.27. The summed E-state index contributed by atoms with van der Waals surface area (Å²) in [6, 6.07) is 10.0. The summed E-state index contributed by atoms with van der Waals surface area (Å²) in [5, 5.41) is 7.70. The predicted molar refractivity (Wildman–Crippen MR) is 104 cm³/mol. The highest BCUT2D eigenvalue weighted by Gasteiger charge is 2.25. The van der Waals surface area contributed by atoms with Crippen LogP contribution in [0.1, 0.15) is 25.8 Å². The molecule has 0 bridgehead atoms. The van der Waals surface area contributed by atoms with Gasteiger partial charge >= 0.3 is 0 Å². The van der Waals surface area contributed by atoms with Crippen LogP contribution in [0, 0.1) is 0 Å². The molecule has 7 heteroatoms. The number of hydrogen-bond acceptors (Lipinski definition) is 4. The van der Waals surface area contributed by atoms with Crippen molar-refractivity contribution < 1.29 is 9.53 Å². The SMILES string of the molecule is CC1CN(C(=O)CCNCc2cnn(-c3ccccc3)c2)CC(C)O1.Cl. The number of amides is 1. The Kier molecular flexibility index (Phi) is 7.63. The fraction of sp³-hybridized carbons (Fsp3) is 0.474. The van der Waals surface area contributed by atoms with E-state index in [4.69, 9.17) is 4.74 Å². The first-order chi connectivity index (χ1) is 12.1. The molecule has 1 amide bonds. The maximum atomic E-state index is 12.3. The van der Waals surface area contributed by atoms with Crippen LogP contribution in [-0.2, 0) is 16.1 Å². The molecule has 1 aromatic carbocycles. The number of carbonyl (C=O) groups is 1. The summed E-state index contributed by atoms with van der Waals surface area (Å²) in [6.07, 6.45) is 4.60. The van der Waals surface area contributed by atoms with E-state index in [2.05, 4.69) is 10.4 Å². The van der Waals surface area contributed by atoms with Gasteiger partial charge in [-0.1, -0.05) is 18.2 Å². The molecule has 1 N–H and O–H groups in total. The Morgan fingerprint density at radius 3 is 2.62 bits per heavy atom. The Hall–Kier alpha value is -1.89. The van der Waals surface area contributed by atoms with Crippen molar-refractivity contribution in [3.05, 3.63) is 48.3 Å². The minimum atomic E-state index is 0. The molecule has 1 aliphatic heterocycles. The van der Waals surface area contributed by atoms with E-state index in [1.807, 2.05) is 66.2 Å². The summed E-state index contributed by atoms with van der Waals surface area (Å²) < 4.78 is 7.53. The zero-order chi connectivity index (χ0) is 17.6. The number of benzene rings is 1. The van der Waals surface area contributed by atoms with Crippen LogP contribution in [0.5, 0.6) is 0 Å². The fourth-order valence-electron chi connectivity index (χ4n) is 3.14. The first-order valence-electron chi connectivity index (χ1n) is 8.85. The lowest BCUT2D eigenvalue weighted by Gasteiger charge is -2.35. The van der Waals surface area contributed by atoms with Crippen LogP contribution in [-0.4, -0.2) is 52.4 Å². The molecule has 1 aromatic heterocycles. The average Bonchev–Trinajstić information content (AvgIpc) is 3.07. The van der Waals surface area contributed by atoms with E-state index in [9.17, 15) is 4.79 Å². The summed E-state index contributed by atoms with van der Waals surface area (Å²) in [4.78, 5) is 14.2. The number of morpholine rings is 1. The molecule has 142 valence electrons. The summed E-state index contributed by atoms with van der Waals surface area (Å²) in [7, 11) is 0. The Balaban J connectivity index is 0.00000243. The lowest BCUT2D eigenvalue weighted by molar-refractivity contribution is -0.143. The van der Waals surface area contributed by atoms with Crippen LogP contribution >= 0.6 is 12.4 Å². The van der Waals surface area contributed by atoms with E-state index >= 15 is 0 Å². The minimum absolute atomic E-state index is 0. The second-order valence-corrected chi connectivity index (χ2v) is 6.61. The van der Waals surface area contributed by atoms with Gasteiger partial charge in [-0.25, -0.2) is 4.68 Å². The predicted octanol–water partition coefficient (Wildman–Crippen LogP) is 2.41. The number of rotatable bonds is 6. The Labute approximate surface area is 160 Å². The third kappa shape index (κ3) is 5.56. The highest BCUT2D eigenvalue weighted by molar-refractivity contribution is 5.85. The van der Waals surface area contributed by atoms with Crippen molar-refractivity contribution in [2.45, 2.75) is 39.0 Å². The van der Waals surface area contributed by atoms with E-state index in [0.29, 0.717) is 32.6 Å². The molecular formula is C19H27ClN4O2. The van der Waals surface area contributed by atoms with Crippen LogP contribution < -0.4 is 5.32 Å². The molecule has 0 radical (unpaired) electrons. The number of nitrogens with zero attached hydrogens (tertiary/aromatic N) is 3. The van der Waals surface area contributed by atoms with Crippen LogP contribution in [0.25, 0.3) is 5.69 Å². The van der Waals surface area contributed by atoms with Crippen molar-refractivity contribution in [2.75, 3.05) is 19.6 Å². The molecule has 0 spiro atoms. The molecule has 2 unspecified atom stereocenters. The molecule has 2 atom stereocenters. The molecule has 1 aliphatic rings. The lowest BCUT2D eigenvalue weighted by Crippen LogP contribution is -2.48. The van der Waals surface area contributed by atoms with E-state index in [1.165, 1.54) is 0 Å². The summed E-state index contributed by atoms with van der Waals surface area (Å²) in [6.45, 7) is 6.77. The topological polar surface area (TPSA) is 59.4 Å². The number of carbonyl (C=O) groups excluding carboxylic acids is 1. The first-order valence-corrected chi connectivity index (χ1v) is 8.85. The Morgan fingerprint density at radius 2 is 1.92 bits per heavy atom. The summed E-state index contributed by atoms with van der Waals surface area (Å²) >= 11 is 0. The molecule has 3 rings (SSSR count). The zero-order valence-corrected chi connectivity index (χ0v) is 16.1. The van der Waals surface area contributed by atoms with E-state index in [-0.39, 0.29) is 30.5 Å². The minimum Gasteiger partial charge on any atom is -0.372 e. The van der Waals surface area contributed by atoms with Crippen LogP contribution in [0.2, 0.25) is 0 Å². The van der Waals surface area contributed by atoms with Gasteiger partial charge in [0.15, 0.2) is 0 Å². The molecule has 26 heavy (non-hydrogen) atoms. The maximum absolute atomic E-state index is 12.3. The molecule has 1 saturated heterocycles. The van der Waals surface area contributed by atoms with Gasteiger partial charge in [0.2, 0.25) is 5.91 Å². The van der Waals surface area contributed by atoms with E-state index in [0.717, 1.165) is 11.3 Å². The van der Waals surface area contributed by atoms with Gasteiger partial charge in [0, 0.05) is 44.4 Å². The molecule has 2 aromatic rings. The highest BCUT2D eigenvalue weighted by atomic mass is 35.5. The number of nitrogens with one attached hydrogen (secondary N) is 1. The van der Waals surface area contributed by atoms with Crippen molar-refractivity contribution in [1.29, 1.82) is 0 Å². The average molecular weight is 379 g/mol. The number of ether oxygens (including phenoxy) is 1. The second kappa shape index (κ2) is 9.71. The van der Waals surface area contributed by atoms with E-state index < -0.39 is 0 Å². The standard InChI is InChI=1S/C19H26N4O2.ClH/c1-15-12-22(13-16(2)25-15)19(24)8-9-20-10-17-11-21-23(14-17)18-6-4-3-5-7-18;/h3-7,11,14-16,20H,8-10,12-13H2,1-2H3;1H. The number of halogens is 1. The quantitative estimate of drug-likeness (QED) is 0.784. The van der Waals surface area contributed by atoms with Crippen LogP contribution in [0.4, 0.5) is 0 Å². The van der Waals surface area contributed by atoms with Gasteiger partial charge < -0.3 is 15.0 Å². The number of aromatic nitrogens is 2. The smallest absolute Gasteiger partial charge is 0.224 e. The van der Waals surface area contributed by atoms with Gasteiger partial charge in [-0.3, -0.25) is 4.79 Å². The van der Waals surface area contributed by atoms with Gasteiger partial charge in [-0.15, -0.1) is 12.4 Å². The monoisotopic (exact) mass is 378 g/mol. The lowest BCUT2D eigenvalue weighted by atomic mass is 10.2. The molecular weight excluding hydrogens is 352 g/mol.